The lowest BCUT2D eigenvalue weighted by atomic mass is 10.1. The van der Waals surface area contributed by atoms with Crippen LogP contribution in [0, 0.1) is 5.92 Å². The summed E-state index contributed by atoms with van der Waals surface area (Å²) in [6.45, 7) is 2.98. The van der Waals surface area contributed by atoms with E-state index in [1.54, 1.807) is 6.07 Å². The average Bonchev–Trinajstić information content (AvgIpc) is 3.11. The molecular formula is C16H17Cl2NO2. The van der Waals surface area contributed by atoms with Crippen LogP contribution in [0.3, 0.4) is 0 Å². The minimum Gasteiger partial charge on any atom is -0.460 e. The molecule has 112 valence electrons. The third kappa shape index (κ3) is 3.43. The quantitative estimate of drug-likeness (QED) is 0.920. The molecule has 3 nitrogen and oxygen atoms in total. The maximum Gasteiger partial charge on any atom is 0.134 e. The number of nitrogens with zero attached hydrogens (tertiary/aromatic N) is 1. The molecule has 1 aromatic heterocycles. The van der Waals surface area contributed by atoms with Gasteiger partial charge >= 0.3 is 0 Å². The molecule has 1 saturated heterocycles. The molecule has 1 unspecified atom stereocenters. The van der Waals surface area contributed by atoms with Crippen molar-refractivity contribution in [2.75, 3.05) is 19.7 Å². The van der Waals surface area contributed by atoms with E-state index >= 15 is 0 Å². The highest BCUT2D eigenvalue weighted by Gasteiger charge is 2.22. The molecular weight excluding hydrogens is 309 g/mol. The van der Waals surface area contributed by atoms with Gasteiger partial charge in [0, 0.05) is 18.7 Å². The average molecular weight is 326 g/mol. The van der Waals surface area contributed by atoms with Crippen LogP contribution in [0.1, 0.15) is 12.2 Å². The van der Waals surface area contributed by atoms with Crippen LogP contribution < -0.4 is 0 Å². The largest absolute Gasteiger partial charge is 0.460 e. The van der Waals surface area contributed by atoms with Crippen LogP contribution in [0.5, 0.6) is 0 Å². The minimum absolute atomic E-state index is 0.267. The Morgan fingerprint density at radius 2 is 2.05 bits per heavy atom. The van der Waals surface area contributed by atoms with E-state index in [1.807, 2.05) is 24.3 Å². The zero-order valence-corrected chi connectivity index (χ0v) is 13.1. The number of hydrogen-bond acceptors (Lipinski definition) is 3. The highest BCUT2D eigenvalue weighted by atomic mass is 35.5. The van der Waals surface area contributed by atoms with Crippen molar-refractivity contribution in [3.05, 3.63) is 46.1 Å². The van der Waals surface area contributed by atoms with Crippen molar-refractivity contribution in [1.29, 1.82) is 0 Å². The van der Waals surface area contributed by atoms with Gasteiger partial charge in [-0.15, -0.1) is 0 Å². The Labute approximate surface area is 134 Å². The summed E-state index contributed by atoms with van der Waals surface area (Å²) in [6, 6.07) is 9.42. The van der Waals surface area contributed by atoms with Gasteiger partial charge in [0.15, 0.2) is 0 Å². The van der Waals surface area contributed by atoms with E-state index in [9.17, 15) is 5.11 Å². The predicted octanol–water partition coefficient (Wildman–Crippen LogP) is 4.07. The standard InChI is InChI=1S/C16H17Cl2NO2/c17-14-3-1-12(7-15(14)18)16-4-2-13(21-16)9-19-6-5-11(8-19)10-20/h1-4,7,11,20H,5-6,8-10H2. The van der Waals surface area contributed by atoms with Gasteiger partial charge in [-0.2, -0.15) is 0 Å². The lowest BCUT2D eigenvalue weighted by Gasteiger charge is -2.13. The molecule has 0 radical (unpaired) electrons. The second-order valence-corrected chi connectivity index (χ2v) is 6.28. The third-order valence-electron chi connectivity index (χ3n) is 3.87. The molecule has 5 heteroatoms. The van der Waals surface area contributed by atoms with Crippen LogP contribution in [0.2, 0.25) is 10.0 Å². The van der Waals surface area contributed by atoms with Crippen LogP contribution in [0.4, 0.5) is 0 Å². The van der Waals surface area contributed by atoms with Crippen LogP contribution in [-0.2, 0) is 6.54 Å². The Kier molecular flexibility index (Phi) is 4.55. The molecule has 1 N–H and O–H groups in total. The van der Waals surface area contributed by atoms with Crippen LogP contribution in [-0.4, -0.2) is 29.7 Å². The summed E-state index contributed by atoms with van der Waals surface area (Å²) in [6.07, 6.45) is 1.05. The lowest BCUT2D eigenvalue weighted by Crippen LogP contribution is -2.20. The summed E-state index contributed by atoms with van der Waals surface area (Å²) in [5, 5.41) is 10.2. The molecule has 2 heterocycles. The van der Waals surface area contributed by atoms with Crippen LogP contribution in [0.25, 0.3) is 11.3 Å². The fourth-order valence-corrected chi connectivity index (χ4v) is 2.99. The monoisotopic (exact) mass is 325 g/mol. The maximum atomic E-state index is 9.18. The summed E-state index contributed by atoms with van der Waals surface area (Å²) in [5.74, 6) is 2.12. The molecule has 0 aliphatic carbocycles. The number of benzene rings is 1. The first-order chi connectivity index (χ1) is 10.2. The van der Waals surface area contributed by atoms with E-state index in [-0.39, 0.29) is 6.61 Å². The van der Waals surface area contributed by atoms with Gasteiger partial charge in [0.05, 0.1) is 16.6 Å². The SMILES string of the molecule is OCC1CCN(Cc2ccc(-c3ccc(Cl)c(Cl)c3)o2)C1. The first-order valence-electron chi connectivity index (χ1n) is 7.03. The molecule has 3 rings (SSSR count). The zero-order chi connectivity index (χ0) is 14.8. The second kappa shape index (κ2) is 6.41. The van der Waals surface area contributed by atoms with E-state index in [2.05, 4.69) is 4.90 Å². The molecule has 0 amide bonds. The van der Waals surface area contributed by atoms with Gasteiger partial charge in [-0.25, -0.2) is 0 Å². The Morgan fingerprint density at radius 1 is 1.19 bits per heavy atom. The van der Waals surface area contributed by atoms with Crippen molar-refractivity contribution in [2.45, 2.75) is 13.0 Å². The molecule has 1 aromatic carbocycles. The summed E-state index contributed by atoms with van der Waals surface area (Å²) >= 11 is 12.0. The van der Waals surface area contributed by atoms with Crippen molar-refractivity contribution in [2.24, 2.45) is 5.92 Å². The van der Waals surface area contributed by atoms with E-state index in [0.29, 0.717) is 16.0 Å². The molecule has 1 fully saturated rings. The van der Waals surface area contributed by atoms with Gasteiger partial charge in [-0.05, 0) is 49.2 Å². The Balaban J connectivity index is 1.70. The molecule has 0 spiro atoms. The third-order valence-corrected chi connectivity index (χ3v) is 4.61. The Bertz CT molecular complexity index is 626. The van der Waals surface area contributed by atoms with Gasteiger partial charge in [-0.1, -0.05) is 23.2 Å². The molecule has 1 aliphatic rings. The Hall–Kier alpha value is -1.00. The number of aliphatic hydroxyl groups is 1. The zero-order valence-electron chi connectivity index (χ0n) is 11.6. The molecule has 1 aliphatic heterocycles. The number of hydrogen-bond donors (Lipinski definition) is 1. The van der Waals surface area contributed by atoms with Crippen molar-refractivity contribution >= 4 is 23.2 Å². The number of aliphatic hydroxyl groups excluding tert-OH is 1. The van der Waals surface area contributed by atoms with Gasteiger partial charge in [0.1, 0.15) is 11.5 Å². The summed E-state index contributed by atoms with van der Waals surface area (Å²) < 4.78 is 5.89. The number of furan rings is 1. The fourth-order valence-electron chi connectivity index (χ4n) is 2.69. The van der Waals surface area contributed by atoms with E-state index < -0.39 is 0 Å². The first kappa shape index (κ1) is 14.9. The smallest absolute Gasteiger partial charge is 0.134 e. The lowest BCUT2D eigenvalue weighted by molar-refractivity contribution is 0.216. The van der Waals surface area contributed by atoms with Crippen LogP contribution >= 0.6 is 23.2 Å². The topological polar surface area (TPSA) is 36.6 Å². The highest BCUT2D eigenvalue weighted by molar-refractivity contribution is 6.42. The molecule has 0 bridgehead atoms. The minimum atomic E-state index is 0.267. The van der Waals surface area contributed by atoms with E-state index in [1.165, 1.54) is 0 Å². The number of likely N-dealkylation sites (tertiary alicyclic amines) is 1. The van der Waals surface area contributed by atoms with Gasteiger partial charge in [-0.3, -0.25) is 4.90 Å². The highest BCUT2D eigenvalue weighted by Crippen LogP contribution is 2.30. The van der Waals surface area contributed by atoms with Crippen molar-refractivity contribution < 1.29 is 9.52 Å². The predicted molar refractivity (Wildman–Crippen MR) is 84.6 cm³/mol. The van der Waals surface area contributed by atoms with Crippen molar-refractivity contribution in [1.82, 2.24) is 4.90 Å². The summed E-state index contributed by atoms with van der Waals surface area (Å²) in [4.78, 5) is 2.30. The van der Waals surface area contributed by atoms with Crippen molar-refractivity contribution in [3.63, 3.8) is 0 Å². The fraction of sp³-hybridized carbons (Fsp3) is 0.375. The first-order valence-corrected chi connectivity index (χ1v) is 7.78. The van der Waals surface area contributed by atoms with Crippen LogP contribution in [0.15, 0.2) is 34.7 Å². The second-order valence-electron chi connectivity index (χ2n) is 5.47. The Morgan fingerprint density at radius 3 is 2.76 bits per heavy atom. The molecule has 21 heavy (non-hydrogen) atoms. The summed E-state index contributed by atoms with van der Waals surface area (Å²) in [5.41, 5.74) is 0.922. The van der Waals surface area contributed by atoms with Gasteiger partial charge < -0.3 is 9.52 Å². The summed E-state index contributed by atoms with van der Waals surface area (Å²) in [7, 11) is 0. The van der Waals surface area contributed by atoms with Gasteiger partial charge in [0.25, 0.3) is 0 Å². The molecule has 0 saturated carbocycles. The number of rotatable bonds is 4. The number of halogens is 2. The van der Waals surface area contributed by atoms with Gasteiger partial charge in [0.2, 0.25) is 0 Å². The molecule has 1 atom stereocenters. The van der Waals surface area contributed by atoms with Crippen molar-refractivity contribution in [3.8, 4) is 11.3 Å². The maximum absolute atomic E-state index is 9.18. The normalized spacial score (nSPS) is 19.3. The van der Waals surface area contributed by atoms with E-state index in [0.717, 1.165) is 43.1 Å². The molecule has 2 aromatic rings. The van der Waals surface area contributed by atoms with E-state index in [4.69, 9.17) is 27.6 Å².